The molecule has 0 aliphatic carbocycles. The molecular weight excluding hydrogens is 264 g/mol. The normalized spacial score (nSPS) is 16.2. The van der Waals surface area contributed by atoms with E-state index in [2.05, 4.69) is 32.5 Å². The Morgan fingerprint density at radius 1 is 1.19 bits per heavy atom. The van der Waals surface area contributed by atoms with Gasteiger partial charge in [0.25, 0.3) is 0 Å². The van der Waals surface area contributed by atoms with Crippen LogP contribution in [0.1, 0.15) is 18.5 Å². The zero-order chi connectivity index (χ0) is 14.8. The van der Waals surface area contributed by atoms with Crippen LogP contribution in [0.5, 0.6) is 0 Å². The van der Waals surface area contributed by atoms with E-state index in [1.807, 2.05) is 19.1 Å². The van der Waals surface area contributed by atoms with Crippen LogP contribution >= 0.6 is 0 Å². The number of nitrogens with one attached hydrogen (secondary N) is 1. The van der Waals surface area contributed by atoms with Gasteiger partial charge in [0.15, 0.2) is 5.82 Å². The fourth-order valence-corrected chi connectivity index (χ4v) is 3.01. The summed E-state index contributed by atoms with van der Waals surface area (Å²) in [6.45, 7) is 3.68. The number of aryl methyl sites for hydroxylation is 1. The molecule has 1 saturated heterocycles. The third-order valence-corrected chi connectivity index (χ3v) is 4.26. The number of hydrogen-bond donors (Lipinski definition) is 1. The summed E-state index contributed by atoms with van der Waals surface area (Å²) in [6, 6.07) is 8.24. The molecule has 1 fully saturated rings. The summed E-state index contributed by atoms with van der Waals surface area (Å²) >= 11 is 0. The van der Waals surface area contributed by atoms with Crippen molar-refractivity contribution in [3.63, 3.8) is 0 Å². The number of fused-ring (bicyclic) bond motifs is 1. The summed E-state index contributed by atoms with van der Waals surface area (Å²) in [7, 11) is 1.70. The molecule has 0 atom stereocenters. The van der Waals surface area contributed by atoms with Gasteiger partial charge in [0, 0.05) is 36.8 Å². The Labute approximate surface area is 124 Å². The average Bonchev–Trinajstić information content (AvgIpc) is 2.55. The molecule has 1 aliphatic rings. The van der Waals surface area contributed by atoms with Gasteiger partial charge in [-0.25, -0.2) is 0 Å². The number of carbonyl (C=O) groups excluding carboxylic acids is 1. The molecule has 1 aromatic carbocycles. The molecule has 1 aliphatic heterocycles. The van der Waals surface area contributed by atoms with Crippen LogP contribution in [0.25, 0.3) is 10.8 Å². The number of rotatable bonds is 2. The van der Waals surface area contributed by atoms with E-state index < -0.39 is 0 Å². The minimum absolute atomic E-state index is 0.121. The number of nitrogens with zero attached hydrogens (tertiary/aromatic N) is 3. The van der Waals surface area contributed by atoms with E-state index >= 15 is 0 Å². The molecule has 0 radical (unpaired) electrons. The van der Waals surface area contributed by atoms with Crippen molar-refractivity contribution in [1.82, 2.24) is 15.5 Å². The maximum Gasteiger partial charge on any atom is 0.222 e. The van der Waals surface area contributed by atoms with E-state index in [0.717, 1.165) is 48.2 Å². The highest BCUT2D eigenvalue weighted by atomic mass is 16.1. The lowest BCUT2D eigenvalue weighted by atomic mass is 9.95. The first-order valence-corrected chi connectivity index (χ1v) is 7.39. The van der Waals surface area contributed by atoms with Crippen LogP contribution in [-0.4, -0.2) is 36.2 Å². The number of benzene rings is 1. The van der Waals surface area contributed by atoms with Gasteiger partial charge >= 0.3 is 0 Å². The Bertz CT molecular complexity index is 662. The number of hydrogen-bond acceptors (Lipinski definition) is 4. The molecule has 5 heteroatoms. The molecule has 21 heavy (non-hydrogen) atoms. The van der Waals surface area contributed by atoms with Crippen LogP contribution in [0.3, 0.4) is 0 Å². The molecule has 0 saturated carbocycles. The Hall–Kier alpha value is -2.17. The number of amides is 1. The Morgan fingerprint density at radius 3 is 2.52 bits per heavy atom. The average molecular weight is 284 g/mol. The second kappa shape index (κ2) is 5.68. The zero-order valence-corrected chi connectivity index (χ0v) is 12.5. The van der Waals surface area contributed by atoms with E-state index in [1.165, 1.54) is 0 Å². The van der Waals surface area contributed by atoms with Gasteiger partial charge in [-0.15, -0.1) is 5.10 Å². The van der Waals surface area contributed by atoms with Crippen LogP contribution in [0, 0.1) is 12.8 Å². The summed E-state index contributed by atoms with van der Waals surface area (Å²) < 4.78 is 0. The SMILES string of the molecule is CNC(=O)C1CCN(c2nnc(C)c3ccccc23)CC1. The van der Waals surface area contributed by atoms with Gasteiger partial charge in [-0.2, -0.15) is 5.10 Å². The van der Waals surface area contributed by atoms with Crippen molar-refractivity contribution in [3.05, 3.63) is 30.0 Å². The standard InChI is InChI=1S/C16H20N4O/c1-11-13-5-3-4-6-14(13)15(19-18-11)20-9-7-12(8-10-20)16(21)17-2/h3-6,12H,7-10H2,1-2H3,(H,17,21). The summed E-state index contributed by atoms with van der Waals surface area (Å²) in [4.78, 5) is 14.0. The van der Waals surface area contributed by atoms with E-state index in [-0.39, 0.29) is 11.8 Å². The van der Waals surface area contributed by atoms with Crippen LogP contribution in [0.2, 0.25) is 0 Å². The first-order valence-electron chi connectivity index (χ1n) is 7.39. The summed E-state index contributed by atoms with van der Waals surface area (Å²) in [6.07, 6.45) is 1.73. The lowest BCUT2D eigenvalue weighted by Crippen LogP contribution is -2.40. The number of anilines is 1. The van der Waals surface area contributed by atoms with Crippen LogP contribution < -0.4 is 10.2 Å². The van der Waals surface area contributed by atoms with Gasteiger partial charge in [0.1, 0.15) is 0 Å². The van der Waals surface area contributed by atoms with E-state index in [1.54, 1.807) is 7.05 Å². The quantitative estimate of drug-likeness (QED) is 0.915. The fraction of sp³-hybridized carbons (Fsp3) is 0.438. The van der Waals surface area contributed by atoms with Crippen LogP contribution in [-0.2, 0) is 4.79 Å². The third-order valence-electron chi connectivity index (χ3n) is 4.26. The highest BCUT2D eigenvalue weighted by Crippen LogP contribution is 2.28. The first-order chi connectivity index (χ1) is 10.2. The molecule has 0 bridgehead atoms. The Morgan fingerprint density at radius 2 is 1.86 bits per heavy atom. The highest BCUT2D eigenvalue weighted by Gasteiger charge is 2.25. The Balaban J connectivity index is 1.86. The molecule has 2 aromatic rings. The zero-order valence-electron chi connectivity index (χ0n) is 12.5. The van der Waals surface area contributed by atoms with Crippen molar-refractivity contribution >= 4 is 22.5 Å². The molecular formula is C16H20N4O. The van der Waals surface area contributed by atoms with Crippen molar-refractivity contribution < 1.29 is 4.79 Å². The molecule has 110 valence electrons. The van der Waals surface area contributed by atoms with E-state index in [4.69, 9.17) is 0 Å². The number of aromatic nitrogens is 2. The van der Waals surface area contributed by atoms with Gasteiger partial charge in [-0.1, -0.05) is 24.3 Å². The largest absolute Gasteiger partial charge is 0.359 e. The summed E-state index contributed by atoms with van der Waals surface area (Å²) in [5.74, 6) is 1.21. The van der Waals surface area contributed by atoms with Gasteiger partial charge in [-0.3, -0.25) is 4.79 Å². The molecule has 0 unspecified atom stereocenters. The molecule has 5 nitrogen and oxygen atoms in total. The second-order valence-corrected chi connectivity index (χ2v) is 5.53. The van der Waals surface area contributed by atoms with Crippen molar-refractivity contribution in [2.45, 2.75) is 19.8 Å². The second-order valence-electron chi connectivity index (χ2n) is 5.53. The first kappa shape index (κ1) is 13.8. The van der Waals surface area contributed by atoms with Gasteiger partial charge in [-0.05, 0) is 19.8 Å². The van der Waals surface area contributed by atoms with Gasteiger partial charge in [0.05, 0.1) is 5.69 Å². The maximum absolute atomic E-state index is 11.7. The lowest BCUT2D eigenvalue weighted by molar-refractivity contribution is -0.125. The molecule has 1 N–H and O–H groups in total. The predicted molar refractivity (Wildman–Crippen MR) is 83.3 cm³/mol. The maximum atomic E-state index is 11.7. The minimum Gasteiger partial charge on any atom is -0.359 e. The minimum atomic E-state index is 0.121. The molecule has 3 rings (SSSR count). The lowest BCUT2D eigenvalue weighted by Gasteiger charge is -2.32. The van der Waals surface area contributed by atoms with Crippen molar-refractivity contribution in [2.24, 2.45) is 5.92 Å². The van der Waals surface area contributed by atoms with Crippen LogP contribution in [0.15, 0.2) is 24.3 Å². The smallest absolute Gasteiger partial charge is 0.222 e. The van der Waals surface area contributed by atoms with Gasteiger partial charge < -0.3 is 10.2 Å². The summed E-state index contributed by atoms with van der Waals surface area (Å²) in [5.41, 5.74) is 0.953. The molecule has 1 amide bonds. The topological polar surface area (TPSA) is 58.1 Å². The van der Waals surface area contributed by atoms with Crippen molar-refractivity contribution in [3.8, 4) is 0 Å². The highest BCUT2D eigenvalue weighted by molar-refractivity contribution is 5.93. The molecule has 1 aromatic heterocycles. The predicted octanol–water partition coefficient (Wildman–Crippen LogP) is 1.90. The summed E-state index contributed by atoms with van der Waals surface area (Å²) in [5, 5.41) is 13.7. The number of carbonyl (C=O) groups is 1. The van der Waals surface area contributed by atoms with E-state index in [0.29, 0.717) is 0 Å². The monoisotopic (exact) mass is 284 g/mol. The van der Waals surface area contributed by atoms with Crippen molar-refractivity contribution in [2.75, 3.05) is 25.0 Å². The fourth-order valence-electron chi connectivity index (χ4n) is 3.01. The Kier molecular flexibility index (Phi) is 3.73. The number of piperidine rings is 1. The molecule has 2 heterocycles. The van der Waals surface area contributed by atoms with Gasteiger partial charge in [0.2, 0.25) is 5.91 Å². The third kappa shape index (κ3) is 2.55. The van der Waals surface area contributed by atoms with Crippen LogP contribution in [0.4, 0.5) is 5.82 Å². The van der Waals surface area contributed by atoms with E-state index in [9.17, 15) is 4.79 Å². The van der Waals surface area contributed by atoms with Crippen molar-refractivity contribution in [1.29, 1.82) is 0 Å². The molecule has 0 spiro atoms.